The minimum absolute atomic E-state index is 0.271. The van der Waals surface area contributed by atoms with Gasteiger partial charge in [-0.15, -0.1) is 0 Å². The predicted molar refractivity (Wildman–Crippen MR) is 53.1 cm³/mol. The number of aliphatic hydroxyl groups is 3. The van der Waals surface area contributed by atoms with Gasteiger partial charge in [-0.2, -0.15) is 0 Å². The van der Waals surface area contributed by atoms with Gasteiger partial charge >= 0.3 is 0 Å². The Bertz CT molecular complexity index is 141. The summed E-state index contributed by atoms with van der Waals surface area (Å²) >= 11 is 0. The summed E-state index contributed by atoms with van der Waals surface area (Å²) in [5.41, 5.74) is -0.842. The molecule has 0 saturated carbocycles. The molecule has 0 saturated heterocycles. The molecular weight excluding hydrogens is 186 g/mol. The third kappa shape index (κ3) is 7.23. The maximum atomic E-state index is 9.74. The van der Waals surface area contributed by atoms with Crippen LogP contribution < -0.4 is 5.32 Å². The highest BCUT2D eigenvalue weighted by molar-refractivity contribution is 4.75. The number of hydrogen-bond donors (Lipinski definition) is 4. The summed E-state index contributed by atoms with van der Waals surface area (Å²) in [5, 5.41) is 30.2. The van der Waals surface area contributed by atoms with Gasteiger partial charge in [0.1, 0.15) is 0 Å². The van der Waals surface area contributed by atoms with Crippen LogP contribution in [0.3, 0.4) is 0 Å². The zero-order valence-corrected chi connectivity index (χ0v) is 8.86. The minimum Gasteiger partial charge on any atom is -0.394 e. The average molecular weight is 207 g/mol. The van der Waals surface area contributed by atoms with Gasteiger partial charge in [-0.3, -0.25) is 0 Å². The zero-order valence-electron chi connectivity index (χ0n) is 8.86. The quantitative estimate of drug-likeness (QED) is 0.398. The summed E-state index contributed by atoms with van der Waals surface area (Å²) in [6, 6.07) is 0. The van der Waals surface area contributed by atoms with E-state index in [0.29, 0.717) is 19.6 Å². The van der Waals surface area contributed by atoms with Crippen LogP contribution in [0.2, 0.25) is 0 Å². The van der Waals surface area contributed by atoms with Crippen molar-refractivity contribution >= 4 is 0 Å². The number of hydrogen-bond acceptors (Lipinski definition) is 5. The first-order valence-electron chi connectivity index (χ1n) is 4.73. The molecule has 86 valence electrons. The fourth-order valence-electron chi connectivity index (χ4n) is 0.983. The lowest BCUT2D eigenvalue weighted by molar-refractivity contribution is 0.0201. The molecule has 5 heteroatoms. The summed E-state index contributed by atoms with van der Waals surface area (Å²) in [4.78, 5) is 0. The SMILES string of the molecule is COCCC(C)(O)CNCC(O)CO. The second-order valence-electron chi connectivity index (χ2n) is 3.71. The van der Waals surface area contributed by atoms with E-state index in [-0.39, 0.29) is 13.2 Å². The maximum Gasteiger partial charge on any atom is 0.0894 e. The van der Waals surface area contributed by atoms with Crippen LogP contribution in [-0.2, 0) is 4.74 Å². The third-order valence-corrected chi connectivity index (χ3v) is 1.94. The van der Waals surface area contributed by atoms with Crippen molar-refractivity contribution in [2.45, 2.75) is 25.0 Å². The molecule has 0 heterocycles. The first kappa shape index (κ1) is 13.8. The van der Waals surface area contributed by atoms with E-state index in [4.69, 9.17) is 14.9 Å². The number of rotatable bonds is 8. The molecule has 0 aliphatic carbocycles. The second kappa shape index (κ2) is 7.14. The van der Waals surface area contributed by atoms with Crippen molar-refractivity contribution in [1.29, 1.82) is 0 Å². The van der Waals surface area contributed by atoms with Crippen LogP contribution >= 0.6 is 0 Å². The summed E-state index contributed by atoms with van der Waals surface area (Å²) in [6.07, 6.45) is -0.237. The normalized spacial score (nSPS) is 17.8. The standard InChI is InChI=1S/C9H21NO4/c1-9(13,3-4-14-2)7-10-5-8(12)6-11/h8,10-13H,3-7H2,1-2H3. The molecule has 0 radical (unpaired) electrons. The van der Waals surface area contributed by atoms with Gasteiger partial charge in [0, 0.05) is 33.2 Å². The molecule has 14 heavy (non-hydrogen) atoms. The highest BCUT2D eigenvalue weighted by atomic mass is 16.5. The van der Waals surface area contributed by atoms with E-state index in [1.165, 1.54) is 0 Å². The highest BCUT2D eigenvalue weighted by Crippen LogP contribution is 2.07. The predicted octanol–water partition coefficient (Wildman–Crippen LogP) is -1.28. The monoisotopic (exact) mass is 207 g/mol. The fraction of sp³-hybridized carbons (Fsp3) is 1.00. The van der Waals surface area contributed by atoms with Crippen LogP contribution in [-0.4, -0.2) is 60.4 Å². The van der Waals surface area contributed by atoms with Gasteiger partial charge in [-0.25, -0.2) is 0 Å². The van der Waals surface area contributed by atoms with Crippen LogP contribution in [0.4, 0.5) is 0 Å². The Hall–Kier alpha value is -0.200. The van der Waals surface area contributed by atoms with Gasteiger partial charge in [0.15, 0.2) is 0 Å². The number of aliphatic hydroxyl groups excluding tert-OH is 2. The van der Waals surface area contributed by atoms with Gasteiger partial charge in [0.05, 0.1) is 18.3 Å². The lowest BCUT2D eigenvalue weighted by Crippen LogP contribution is -2.42. The second-order valence-corrected chi connectivity index (χ2v) is 3.71. The molecule has 0 aliphatic rings. The molecule has 0 fully saturated rings. The van der Waals surface area contributed by atoms with Gasteiger partial charge in [0.2, 0.25) is 0 Å². The summed E-state index contributed by atoms with van der Waals surface area (Å²) < 4.78 is 4.85. The van der Waals surface area contributed by atoms with Gasteiger partial charge in [-0.1, -0.05) is 0 Å². The van der Waals surface area contributed by atoms with Crippen LogP contribution in [0.1, 0.15) is 13.3 Å². The van der Waals surface area contributed by atoms with Gasteiger partial charge in [-0.05, 0) is 6.92 Å². The highest BCUT2D eigenvalue weighted by Gasteiger charge is 2.19. The third-order valence-electron chi connectivity index (χ3n) is 1.94. The van der Waals surface area contributed by atoms with Gasteiger partial charge in [0.25, 0.3) is 0 Å². The molecule has 2 unspecified atom stereocenters. The number of nitrogens with one attached hydrogen (secondary N) is 1. The van der Waals surface area contributed by atoms with E-state index < -0.39 is 11.7 Å². The topological polar surface area (TPSA) is 82.0 Å². The molecule has 2 atom stereocenters. The molecule has 0 spiro atoms. The minimum atomic E-state index is -0.842. The summed E-state index contributed by atoms with van der Waals surface area (Å²) in [7, 11) is 1.58. The fourth-order valence-corrected chi connectivity index (χ4v) is 0.983. The Morgan fingerprint density at radius 1 is 1.50 bits per heavy atom. The van der Waals surface area contributed by atoms with Crippen LogP contribution in [0, 0.1) is 0 Å². The van der Waals surface area contributed by atoms with Crippen LogP contribution in [0.15, 0.2) is 0 Å². The van der Waals surface area contributed by atoms with Crippen molar-refractivity contribution in [2.24, 2.45) is 0 Å². The Balaban J connectivity index is 3.54. The van der Waals surface area contributed by atoms with Crippen molar-refractivity contribution in [1.82, 2.24) is 5.32 Å². The number of methoxy groups -OCH3 is 1. The lowest BCUT2D eigenvalue weighted by atomic mass is 10.0. The summed E-state index contributed by atoms with van der Waals surface area (Å²) in [6.45, 7) is 2.57. The van der Waals surface area contributed by atoms with Crippen LogP contribution in [0.5, 0.6) is 0 Å². The molecule has 0 rings (SSSR count). The molecular formula is C9H21NO4. The average Bonchev–Trinajstić information content (AvgIpc) is 2.14. The summed E-state index contributed by atoms with van der Waals surface area (Å²) in [5.74, 6) is 0. The van der Waals surface area contributed by atoms with E-state index in [9.17, 15) is 5.11 Å². The molecule has 0 bridgehead atoms. The van der Waals surface area contributed by atoms with Gasteiger partial charge < -0.3 is 25.4 Å². The molecule has 4 N–H and O–H groups in total. The maximum absolute atomic E-state index is 9.74. The molecule has 0 amide bonds. The van der Waals surface area contributed by atoms with E-state index in [1.54, 1.807) is 14.0 Å². The zero-order chi connectivity index (χ0) is 11.0. The molecule has 0 aromatic carbocycles. The largest absolute Gasteiger partial charge is 0.394 e. The van der Waals surface area contributed by atoms with Crippen molar-refractivity contribution in [3.05, 3.63) is 0 Å². The Labute approximate surface area is 84.7 Å². The Kier molecular flexibility index (Phi) is 7.04. The van der Waals surface area contributed by atoms with Crippen molar-refractivity contribution < 1.29 is 20.1 Å². The first-order chi connectivity index (χ1) is 6.52. The lowest BCUT2D eigenvalue weighted by Gasteiger charge is -2.23. The van der Waals surface area contributed by atoms with E-state index in [2.05, 4.69) is 5.32 Å². The smallest absolute Gasteiger partial charge is 0.0894 e. The number of ether oxygens (including phenoxy) is 1. The Morgan fingerprint density at radius 3 is 2.64 bits per heavy atom. The van der Waals surface area contributed by atoms with Crippen molar-refractivity contribution in [2.75, 3.05) is 33.4 Å². The van der Waals surface area contributed by atoms with Crippen molar-refractivity contribution in [3.63, 3.8) is 0 Å². The van der Waals surface area contributed by atoms with Crippen molar-refractivity contribution in [3.8, 4) is 0 Å². The van der Waals surface area contributed by atoms with Crippen LogP contribution in [0.25, 0.3) is 0 Å². The van der Waals surface area contributed by atoms with E-state index in [0.717, 1.165) is 0 Å². The molecule has 5 nitrogen and oxygen atoms in total. The molecule has 0 aliphatic heterocycles. The molecule has 0 aromatic heterocycles. The van der Waals surface area contributed by atoms with E-state index in [1.807, 2.05) is 0 Å². The first-order valence-corrected chi connectivity index (χ1v) is 4.73. The van der Waals surface area contributed by atoms with E-state index >= 15 is 0 Å². The molecule has 0 aromatic rings. The Morgan fingerprint density at radius 2 is 2.14 bits per heavy atom.